The Kier molecular flexibility index (Phi) is 6.10. The van der Waals surface area contributed by atoms with Crippen molar-refractivity contribution >= 4 is 17.3 Å². The highest BCUT2D eigenvalue weighted by atomic mass is 32.1. The zero-order chi connectivity index (χ0) is 16.8. The van der Waals surface area contributed by atoms with Crippen molar-refractivity contribution in [3.8, 4) is 0 Å². The van der Waals surface area contributed by atoms with E-state index < -0.39 is 0 Å². The summed E-state index contributed by atoms with van der Waals surface area (Å²) in [5, 5.41) is 9.60. The molecular formula is C17H23FN4S. The van der Waals surface area contributed by atoms with E-state index in [1.165, 1.54) is 0 Å². The molecule has 23 heavy (non-hydrogen) atoms. The summed E-state index contributed by atoms with van der Waals surface area (Å²) in [5.74, 6) is 0.934. The smallest absolute Gasteiger partial charge is 0.191 e. The molecule has 2 N–H and O–H groups in total. The predicted octanol–water partition coefficient (Wildman–Crippen LogP) is 3.58. The predicted molar refractivity (Wildman–Crippen MR) is 94.4 cm³/mol. The zero-order valence-corrected chi connectivity index (χ0v) is 14.8. The number of rotatable bonds is 5. The first-order valence-corrected chi connectivity index (χ1v) is 8.51. The molecule has 0 radical (unpaired) electrons. The van der Waals surface area contributed by atoms with E-state index in [1.54, 1.807) is 37.4 Å². The van der Waals surface area contributed by atoms with Crippen molar-refractivity contribution in [3.63, 3.8) is 0 Å². The minimum atomic E-state index is -0.184. The Bertz CT molecular complexity index is 679. The lowest BCUT2D eigenvalue weighted by atomic mass is 10.1. The molecule has 0 saturated carbocycles. The Morgan fingerprint density at radius 3 is 2.65 bits per heavy atom. The Morgan fingerprint density at radius 1 is 1.30 bits per heavy atom. The van der Waals surface area contributed by atoms with Crippen LogP contribution in [0.3, 0.4) is 0 Å². The average molecular weight is 334 g/mol. The maximum absolute atomic E-state index is 13.5. The Hall–Kier alpha value is -1.95. The summed E-state index contributed by atoms with van der Waals surface area (Å²) in [4.78, 5) is 8.76. The molecule has 0 spiro atoms. The van der Waals surface area contributed by atoms with Gasteiger partial charge in [-0.1, -0.05) is 26.0 Å². The first-order chi connectivity index (χ1) is 11.0. The number of thiazole rings is 1. The molecule has 1 heterocycles. The van der Waals surface area contributed by atoms with Crippen LogP contribution in [0, 0.1) is 12.7 Å². The summed E-state index contributed by atoms with van der Waals surface area (Å²) >= 11 is 1.68. The molecule has 0 amide bonds. The molecule has 0 aliphatic heterocycles. The van der Waals surface area contributed by atoms with Crippen LogP contribution in [-0.4, -0.2) is 18.0 Å². The third kappa shape index (κ3) is 5.03. The number of aromatic nitrogens is 1. The van der Waals surface area contributed by atoms with Crippen molar-refractivity contribution in [2.24, 2.45) is 4.99 Å². The van der Waals surface area contributed by atoms with Gasteiger partial charge in [-0.3, -0.25) is 4.99 Å². The summed E-state index contributed by atoms with van der Waals surface area (Å²) in [6.07, 6.45) is 0. The van der Waals surface area contributed by atoms with E-state index in [9.17, 15) is 4.39 Å². The van der Waals surface area contributed by atoms with Crippen LogP contribution >= 0.6 is 11.3 Å². The molecule has 0 atom stereocenters. The van der Waals surface area contributed by atoms with Gasteiger partial charge >= 0.3 is 0 Å². The van der Waals surface area contributed by atoms with Crippen LogP contribution in [0.15, 0.2) is 28.6 Å². The van der Waals surface area contributed by atoms with Crippen LogP contribution in [0.25, 0.3) is 0 Å². The Labute approximate surface area is 140 Å². The minimum Gasteiger partial charge on any atom is -0.352 e. The van der Waals surface area contributed by atoms with Gasteiger partial charge in [0.05, 0.1) is 17.2 Å². The number of benzene rings is 1. The molecule has 2 rings (SSSR count). The van der Waals surface area contributed by atoms with Crippen molar-refractivity contribution in [1.82, 2.24) is 15.6 Å². The molecule has 0 fully saturated rings. The fourth-order valence-corrected chi connectivity index (χ4v) is 2.83. The molecule has 1 aromatic carbocycles. The SMILES string of the molecule is CN=C(NCc1ccc(C)c(F)c1)NCc1csc(C(C)C)n1. The normalized spacial score (nSPS) is 11.8. The molecule has 0 aliphatic rings. The fourth-order valence-electron chi connectivity index (χ4n) is 2.00. The van der Waals surface area contributed by atoms with Crippen molar-refractivity contribution in [2.45, 2.75) is 39.8 Å². The number of aryl methyl sites for hydroxylation is 1. The summed E-state index contributed by atoms with van der Waals surface area (Å²) in [6.45, 7) is 7.16. The number of aliphatic imine (C=N–C) groups is 1. The second kappa shape index (κ2) is 8.06. The van der Waals surface area contributed by atoms with Crippen LogP contribution in [0.2, 0.25) is 0 Å². The van der Waals surface area contributed by atoms with Crippen LogP contribution in [0.1, 0.15) is 41.6 Å². The van der Waals surface area contributed by atoms with Gasteiger partial charge in [-0.2, -0.15) is 0 Å². The van der Waals surface area contributed by atoms with E-state index in [-0.39, 0.29) is 5.82 Å². The van der Waals surface area contributed by atoms with Crippen molar-refractivity contribution in [1.29, 1.82) is 0 Å². The zero-order valence-electron chi connectivity index (χ0n) is 14.0. The number of hydrogen-bond donors (Lipinski definition) is 2. The lowest BCUT2D eigenvalue weighted by Gasteiger charge is -2.11. The number of halogens is 1. The minimum absolute atomic E-state index is 0.184. The van der Waals surface area contributed by atoms with Gasteiger partial charge < -0.3 is 10.6 Å². The number of guanidine groups is 1. The van der Waals surface area contributed by atoms with Gasteiger partial charge in [0, 0.05) is 24.9 Å². The van der Waals surface area contributed by atoms with E-state index in [4.69, 9.17) is 0 Å². The third-order valence-corrected chi connectivity index (χ3v) is 4.61. The van der Waals surface area contributed by atoms with Crippen LogP contribution in [0.4, 0.5) is 4.39 Å². The monoisotopic (exact) mass is 334 g/mol. The first-order valence-electron chi connectivity index (χ1n) is 7.63. The quantitative estimate of drug-likeness (QED) is 0.649. The molecule has 4 nitrogen and oxygen atoms in total. The van der Waals surface area contributed by atoms with E-state index in [0.717, 1.165) is 16.3 Å². The molecule has 0 aliphatic carbocycles. The average Bonchev–Trinajstić information content (AvgIpc) is 3.00. The number of hydrogen-bond acceptors (Lipinski definition) is 3. The second-order valence-electron chi connectivity index (χ2n) is 5.69. The van der Waals surface area contributed by atoms with Crippen molar-refractivity contribution in [2.75, 3.05) is 7.05 Å². The van der Waals surface area contributed by atoms with Gasteiger partial charge in [0.15, 0.2) is 5.96 Å². The highest BCUT2D eigenvalue weighted by molar-refractivity contribution is 7.09. The fraction of sp³-hybridized carbons (Fsp3) is 0.412. The maximum atomic E-state index is 13.5. The van der Waals surface area contributed by atoms with Crippen LogP contribution < -0.4 is 10.6 Å². The van der Waals surface area contributed by atoms with E-state index in [2.05, 4.69) is 39.8 Å². The molecule has 0 unspecified atom stereocenters. The van der Waals surface area contributed by atoms with E-state index in [0.29, 0.717) is 30.5 Å². The Morgan fingerprint density at radius 2 is 2.04 bits per heavy atom. The number of nitrogens with one attached hydrogen (secondary N) is 2. The summed E-state index contributed by atoms with van der Waals surface area (Å²) in [6, 6.07) is 5.24. The maximum Gasteiger partial charge on any atom is 0.191 e. The molecule has 2 aromatic rings. The molecule has 0 bridgehead atoms. The summed E-state index contributed by atoms with van der Waals surface area (Å²) in [5.41, 5.74) is 2.54. The van der Waals surface area contributed by atoms with Gasteiger partial charge in [-0.05, 0) is 24.1 Å². The van der Waals surface area contributed by atoms with Crippen LogP contribution in [-0.2, 0) is 13.1 Å². The van der Waals surface area contributed by atoms with Crippen molar-refractivity contribution < 1.29 is 4.39 Å². The molecule has 6 heteroatoms. The van der Waals surface area contributed by atoms with Gasteiger partial charge in [-0.15, -0.1) is 11.3 Å². The second-order valence-corrected chi connectivity index (χ2v) is 6.58. The van der Waals surface area contributed by atoms with Crippen molar-refractivity contribution in [3.05, 3.63) is 51.2 Å². The molecular weight excluding hydrogens is 311 g/mol. The molecule has 0 saturated heterocycles. The lowest BCUT2D eigenvalue weighted by Crippen LogP contribution is -2.36. The summed E-state index contributed by atoms with van der Waals surface area (Å²) < 4.78 is 13.5. The van der Waals surface area contributed by atoms with Crippen LogP contribution in [0.5, 0.6) is 0 Å². The molecule has 1 aromatic heterocycles. The number of nitrogens with zero attached hydrogens (tertiary/aromatic N) is 2. The first kappa shape index (κ1) is 17.4. The lowest BCUT2D eigenvalue weighted by molar-refractivity contribution is 0.615. The van der Waals surface area contributed by atoms with E-state index >= 15 is 0 Å². The van der Waals surface area contributed by atoms with Gasteiger partial charge in [0.25, 0.3) is 0 Å². The highest BCUT2D eigenvalue weighted by Gasteiger charge is 2.07. The van der Waals surface area contributed by atoms with Gasteiger partial charge in [0.2, 0.25) is 0 Å². The largest absolute Gasteiger partial charge is 0.352 e. The van der Waals surface area contributed by atoms with Gasteiger partial charge in [0.1, 0.15) is 5.82 Å². The Balaban J connectivity index is 1.86. The standard InChI is InChI=1S/C17H23FN4S/c1-11(2)16-22-14(10-23-16)9-21-17(19-4)20-8-13-6-5-12(3)15(18)7-13/h5-7,10-11H,8-9H2,1-4H3,(H2,19,20,21). The molecule has 124 valence electrons. The van der Waals surface area contributed by atoms with E-state index in [1.807, 2.05) is 6.07 Å². The summed E-state index contributed by atoms with van der Waals surface area (Å²) in [7, 11) is 1.71. The topological polar surface area (TPSA) is 49.3 Å². The third-order valence-electron chi connectivity index (χ3n) is 3.42. The highest BCUT2D eigenvalue weighted by Crippen LogP contribution is 2.18. The van der Waals surface area contributed by atoms with Gasteiger partial charge in [-0.25, -0.2) is 9.37 Å².